The Morgan fingerprint density at radius 2 is 1.54 bits per heavy atom. The molecule has 7 nitrogen and oxygen atoms in total. The molecule has 1 heterocycles. The molecule has 3 aromatic rings. The van der Waals surface area contributed by atoms with Crippen molar-refractivity contribution in [2.24, 2.45) is 0 Å². The number of rotatable bonds is 7. The average molecular weight is 552 g/mol. The molecule has 2 aliphatic rings. The maximum Gasteiger partial charge on any atom is 0.254 e. The van der Waals surface area contributed by atoms with Crippen LogP contribution in [0.5, 0.6) is 11.5 Å². The summed E-state index contributed by atoms with van der Waals surface area (Å²) in [5, 5.41) is 6.53. The van der Waals surface area contributed by atoms with Gasteiger partial charge in [-0.25, -0.2) is 0 Å². The Morgan fingerprint density at radius 3 is 2.17 bits per heavy atom. The van der Waals surface area contributed by atoms with Crippen molar-refractivity contribution in [3.05, 3.63) is 106 Å². The van der Waals surface area contributed by atoms with Gasteiger partial charge >= 0.3 is 0 Å². The Morgan fingerprint density at radius 1 is 0.878 bits per heavy atom. The molecule has 0 bridgehead atoms. The number of aryl methyl sites for hydroxylation is 1. The normalized spacial score (nSPS) is 18.4. The van der Waals surface area contributed by atoms with Crippen LogP contribution < -0.4 is 25.0 Å². The molecule has 2 atom stereocenters. The molecule has 2 N–H and O–H groups in total. The first kappa shape index (κ1) is 28.0. The Hall–Kier alpha value is -4.52. The molecule has 0 saturated carbocycles. The Balaban J connectivity index is 1.54. The molecule has 0 fully saturated rings. The lowest BCUT2D eigenvalue weighted by atomic mass is 9.71. The van der Waals surface area contributed by atoms with Gasteiger partial charge in [-0.3, -0.25) is 9.59 Å². The van der Waals surface area contributed by atoms with Crippen molar-refractivity contribution in [2.45, 2.75) is 38.5 Å². The predicted molar refractivity (Wildman–Crippen MR) is 163 cm³/mol. The first-order valence-electron chi connectivity index (χ1n) is 13.8. The monoisotopic (exact) mass is 551 g/mol. The third-order valence-corrected chi connectivity index (χ3v) is 8.00. The van der Waals surface area contributed by atoms with Crippen LogP contribution in [0.25, 0.3) is 0 Å². The van der Waals surface area contributed by atoms with E-state index in [-0.39, 0.29) is 17.6 Å². The highest BCUT2D eigenvalue weighted by Crippen LogP contribution is 2.46. The van der Waals surface area contributed by atoms with E-state index in [1.165, 1.54) is 0 Å². The molecule has 3 aromatic carbocycles. The Labute approximate surface area is 241 Å². The summed E-state index contributed by atoms with van der Waals surface area (Å²) in [6.07, 6.45) is 0.987. The summed E-state index contributed by atoms with van der Waals surface area (Å²) < 4.78 is 10.9. The zero-order valence-corrected chi connectivity index (χ0v) is 24.5. The minimum atomic E-state index is -0.480. The summed E-state index contributed by atoms with van der Waals surface area (Å²) in [4.78, 5) is 29.9. The smallest absolute Gasteiger partial charge is 0.254 e. The number of hydrogen-bond acceptors (Lipinski definition) is 6. The van der Waals surface area contributed by atoms with Gasteiger partial charge in [0.15, 0.2) is 17.3 Å². The fraction of sp³-hybridized carbons (Fsp3) is 0.294. The molecule has 1 amide bonds. The van der Waals surface area contributed by atoms with Crippen LogP contribution in [0.15, 0.2) is 89.3 Å². The van der Waals surface area contributed by atoms with Gasteiger partial charge in [-0.2, -0.15) is 0 Å². The molecule has 1 aliphatic carbocycles. The number of ether oxygens (including phenoxy) is 2. The zero-order valence-electron chi connectivity index (χ0n) is 24.5. The van der Waals surface area contributed by atoms with E-state index in [9.17, 15) is 9.59 Å². The summed E-state index contributed by atoms with van der Waals surface area (Å²) in [5.41, 5.74) is 7.64. The van der Waals surface area contributed by atoms with Crippen LogP contribution >= 0.6 is 0 Å². The van der Waals surface area contributed by atoms with E-state index in [1.54, 1.807) is 14.2 Å². The van der Waals surface area contributed by atoms with Crippen LogP contribution in [0.4, 0.5) is 11.4 Å². The quantitative estimate of drug-likeness (QED) is 0.371. The maximum absolute atomic E-state index is 14.0. The average Bonchev–Trinajstić information content (AvgIpc) is 2.97. The number of dihydropyridines is 1. The van der Waals surface area contributed by atoms with E-state index in [2.05, 4.69) is 10.6 Å². The number of ketones is 1. The molecular weight excluding hydrogens is 514 g/mol. The molecule has 2 unspecified atom stereocenters. The van der Waals surface area contributed by atoms with Gasteiger partial charge in [-0.05, 0) is 73.7 Å². The number of amides is 1. The first-order chi connectivity index (χ1) is 19.7. The lowest BCUT2D eigenvalue weighted by molar-refractivity contribution is -0.116. The van der Waals surface area contributed by atoms with Crippen molar-refractivity contribution < 1.29 is 19.1 Å². The lowest BCUT2D eigenvalue weighted by Gasteiger charge is -2.37. The minimum Gasteiger partial charge on any atom is -0.493 e. The first-order valence-corrected chi connectivity index (χ1v) is 13.8. The van der Waals surface area contributed by atoms with Gasteiger partial charge in [0.05, 0.1) is 14.2 Å². The topological polar surface area (TPSA) is 79.9 Å². The minimum absolute atomic E-state index is 0.0268. The van der Waals surface area contributed by atoms with Gasteiger partial charge < -0.3 is 25.0 Å². The van der Waals surface area contributed by atoms with E-state index in [4.69, 9.17) is 9.47 Å². The van der Waals surface area contributed by atoms with E-state index < -0.39 is 5.92 Å². The van der Waals surface area contributed by atoms with Crippen LogP contribution in [0.3, 0.4) is 0 Å². The second kappa shape index (κ2) is 11.5. The number of nitrogens with zero attached hydrogens (tertiary/aromatic N) is 1. The van der Waals surface area contributed by atoms with Crippen molar-refractivity contribution >= 4 is 23.1 Å². The van der Waals surface area contributed by atoms with Gasteiger partial charge in [-0.1, -0.05) is 35.9 Å². The molecule has 0 radical (unpaired) electrons. The van der Waals surface area contributed by atoms with E-state index >= 15 is 0 Å². The fourth-order valence-corrected chi connectivity index (χ4v) is 5.82. The van der Waals surface area contributed by atoms with Crippen LogP contribution in [0, 0.1) is 6.92 Å². The number of allylic oxidation sites excluding steroid dienone is 3. The van der Waals surface area contributed by atoms with Gasteiger partial charge in [0, 0.05) is 60.3 Å². The van der Waals surface area contributed by atoms with Crippen molar-refractivity contribution in [2.75, 3.05) is 38.5 Å². The summed E-state index contributed by atoms with van der Waals surface area (Å²) >= 11 is 0. The number of benzene rings is 3. The molecule has 0 aromatic heterocycles. The molecule has 212 valence electrons. The summed E-state index contributed by atoms with van der Waals surface area (Å²) in [7, 11) is 7.20. The molecule has 1 aliphatic heterocycles. The molecule has 7 heteroatoms. The van der Waals surface area contributed by atoms with E-state index in [0.717, 1.165) is 33.8 Å². The van der Waals surface area contributed by atoms with Crippen molar-refractivity contribution in [1.29, 1.82) is 0 Å². The second-order valence-electron chi connectivity index (χ2n) is 10.9. The summed E-state index contributed by atoms with van der Waals surface area (Å²) in [5.74, 6) is 0.597. The van der Waals surface area contributed by atoms with E-state index in [1.807, 2.05) is 99.6 Å². The van der Waals surface area contributed by atoms with Crippen molar-refractivity contribution in [1.82, 2.24) is 5.32 Å². The molecule has 41 heavy (non-hydrogen) atoms. The van der Waals surface area contributed by atoms with Gasteiger partial charge in [-0.15, -0.1) is 0 Å². The van der Waals surface area contributed by atoms with E-state index in [0.29, 0.717) is 41.2 Å². The number of carbonyl (C=O) groups excluding carboxylic acids is 2. The van der Waals surface area contributed by atoms with Gasteiger partial charge in [0.1, 0.15) is 0 Å². The number of methoxy groups -OCH3 is 2. The Kier molecular flexibility index (Phi) is 7.88. The predicted octanol–water partition coefficient (Wildman–Crippen LogP) is 6.08. The summed E-state index contributed by atoms with van der Waals surface area (Å²) in [6, 6.07) is 21.6. The second-order valence-corrected chi connectivity index (χ2v) is 10.9. The highest BCUT2D eigenvalue weighted by molar-refractivity contribution is 6.10. The van der Waals surface area contributed by atoms with Gasteiger partial charge in [0.25, 0.3) is 5.91 Å². The number of carbonyl (C=O) groups is 2. The van der Waals surface area contributed by atoms with Crippen LogP contribution in [0.1, 0.15) is 48.3 Å². The van der Waals surface area contributed by atoms with Crippen molar-refractivity contribution in [3.8, 4) is 11.5 Å². The highest BCUT2D eigenvalue weighted by Gasteiger charge is 2.41. The lowest BCUT2D eigenvalue weighted by Crippen LogP contribution is -2.37. The van der Waals surface area contributed by atoms with Crippen molar-refractivity contribution in [3.63, 3.8) is 0 Å². The van der Waals surface area contributed by atoms with Crippen LogP contribution in [0.2, 0.25) is 0 Å². The van der Waals surface area contributed by atoms with Crippen LogP contribution in [-0.2, 0) is 9.59 Å². The number of nitrogens with one attached hydrogen (secondary N) is 2. The maximum atomic E-state index is 14.0. The number of hydrogen-bond donors (Lipinski definition) is 2. The van der Waals surface area contributed by atoms with Gasteiger partial charge in [0.2, 0.25) is 0 Å². The third kappa shape index (κ3) is 5.57. The standard InChI is InChI=1S/C34H37N3O4/c1-20-7-12-25(13-8-20)36-34(39)31-21(2)35-27-17-24(23-11-16-29(40-5)30(19-23)41-6)18-28(38)33(27)32(31)22-9-14-26(15-10-22)37(3)4/h7-16,19,24,32,35H,17-18H2,1-6H3,(H,36,39). The molecule has 0 saturated heterocycles. The molecule has 5 rings (SSSR count). The summed E-state index contributed by atoms with van der Waals surface area (Å²) in [6.45, 7) is 3.92. The highest BCUT2D eigenvalue weighted by atomic mass is 16.5. The number of anilines is 2. The molecule has 0 spiro atoms. The largest absolute Gasteiger partial charge is 0.493 e. The van der Waals surface area contributed by atoms with Crippen LogP contribution in [-0.4, -0.2) is 40.0 Å². The SMILES string of the molecule is COc1ccc(C2CC(=O)C3=C(C2)NC(C)=C(C(=O)Nc2ccc(C)cc2)C3c2ccc(N(C)C)cc2)cc1OC. The fourth-order valence-electron chi connectivity index (χ4n) is 5.82. The zero-order chi connectivity index (χ0) is 29.3. The molecular formula is C34H37N3O4. The number of Topliss-reactive ketones (excluding diaryl/α,β-unsaturated/α-hetero) is 1. The Bertz CT molecular complexity index is 1540. The third-order valence-electron chi connectivity index (χ3n) is 8.00.